The molecule has 7 heteroatoms. The quantitative estimate of drug-likeness (QED) is 0.421. The van der Waals surface area contributed by atoms with Gasteiger partial charge in [-0.15, -0.1) is 0 Å². The van der Waals surface area contributed by atoms with Crippen LogP contribution in [0.25, 0.3) is 0 Å². The van der Waals surface area contributed by atoms with Crippen LogP contribution in [0.2, 0.25) is 0 Å². The van der Waals surface area contributed by atoms with E-state index in [1.54, 1.807) is 0 Å². The van der Waals surface area contributed by atoms with Crippen LogP contribution in [0, 0.1) is 0 Å². The molecule has 0 radical (unpaired) electrons. The van der Waals surface area contributed by atoms with E-state index in [0.717, 1.165) is 0 Å². The summed E-state index contributed by atoms with van der Waals surface area (Å²) in [6.45, 7) is 0. The molecule has 4 N–H and O–H groups in total. The van der Waals surface area contributed by atoms with Gasteiger partial charge in [-0.25, -0.2) is 0 Å². The Morgan fingerprint density at radius 1 is 1.14 bits per heavy atom. The first kappa shape index (κ1) is 13.2. The Balaban J connectivity index is 3.47. The van der Waals surface area contributed by atoms with Crippen LogP contribution in [0.1, 0.15) is 6.42 Å². The number of nitrogens with two attached hydrogens (primary N) is 2. The summed E-state index contributed by atoms with van der Waals surface area (Å²) in [6.07, 6.45) is 0.229. The molecule has 0 amide bonds. The van der Waals surface area contributed by atoms with Gasteiger partial charge in [-0.2, -0.15) is 11.8 Å². The minimum Gasteiger partial charge on any atom is -0.548 e. The molecule has 0 aromatic carbocycles. The van der Waals surface area contributed by atoms with Gasteiger partial charge in [-0.3, -0.25) is 0 Å². The number of rotatable bonds is 7. The summed E-state index contributed by atoms with van der Waals surface area (Å²) in [7, 11) is 0. The number of hydrogen-bond acceptors (Lipinski definition) is 7. The van der Waals surface area contributed by atoms with E-state index in [0.29, 0.717) is 5.75 Å². The van der Waals surface area contributed by atoms with Crippen molar-refractivity contribution in [2.75, 3.05) is 11.5 Å². The predicted molar refractivity (Wildman–Crippen MR) is 47.9 cm³/mol. The molecule has 0 aromatic heterocycles. The highest BCUT2D eigenvalue weighted by Gasteiger charge is 2.05. The lowest BCUT2D eigenvalue weighted by Gasteiger charge is -2.14. The first-order chi connectivity index (χ1) is 6.45. The Morgan fingerprint density at radius 2 is 1.64 bits per heavy atom. The molecule has 0 unspecified atom stereocenters. The van der Waals surface area contributed by atoms with Crippen LogP contribution in [-0.2, 0) is 9.59 Å². The van der Waals surface area contributed by atoms with E-state index < -0.39 is 24.0 Å². The van der Waals surface area contributed by atoms with Crippen LogP contribution < -0.4 is 21.7 Å². The van der Waals surface area contributed by atoms with Gasteiger partial charge in [0.2, 0.25) is 0 Å². The highest BCUT2D eigenvalue weighted by molar-refractivity contribution is 7.99. The summed E-state index contributed by atoms with van der Waals surface area (Å²) in [5.74, 6) is -2.02. The second-order valence-electron chi connectivity index (χ2n) is 2.71. The molecular formula is C7H12N2O4S-2. The van der Waals surface area contributed by atoms with E-state index in [4.69, 9.17) is 11.5 Å². The van der Waals surface area contributed by atoms with Gasteiger partial charge in [-0.05, 0) is 12.2 Å². The fourth-order valence-corrected chi connectivity index (χ4v) is 1.58. The molecular weight excluding hydrogens is 208 g/mol. The highest BCUT2D eigenvalue weighted by Crippen LogP contribution is 2.04. The number of thioether (sulfide) groups is 1. The molecule has 0 bridgehead atoms. The Kier molecular flexibility index (Phi) is 6.26. The average molecular weight is 220 g/mol. The van der Waals surface area contributed by atoms with Gasteiger partial charge < -0.3 is 31.3 Å². The van der Waals surface area contributed by atoms with E-state index in [1.165, 1.54) is 11.8 Å². The van der Waals surface area contributed by atoms with Crippen molar-refractivity contribution in [3.05, 3.63) is 0 Å². The fourth-order valence-electron chi connectivity index (χ4n) is 0.606. The van der Waals surface area contributed by atoms with Crippen molar-refractivity contribution in [2.24, 2.45) is 11.5 Å². The van der Waals surface area contributed by atoms with E-state index in [9.17, 15) is 19.8 Å². The second-order valence-corrected chi connectivity index (χ2v) is 3.86. The summed E-state index contributed by atoms with van der Waals surface area (Å²) in [4.78, 5) is 20.3. The van der Waals surface area contributed by atoms with Crippen molar-refractivity contribution < 1.29 is 19.8 Å². The third-order valence-electron chi connectivity index (χ3n) is 1.48. The lowest BCUT2D eigenvalue weighted by atomic mass is 10.2. The molecule has 0 aliphatic carbocycles. The Labute approximate surface area is 85.6 Å². The number of aliphatic carboxylic acids is 2. The molecule has 0 fully saturated rings. The maximum atomic E-state index is 10.2. The zero-order chi connectivity index (χ0) is 11.1. The summed E-state index contributed by atoms with van der Waals surface area (Å²) < 4.78 is 0. The van der Waals surface area contributed by atoms with Crippen molar-refractivity contribution in [1.29, 1.82) is 0 Å². The smallest absolute Gasteiger partial charge is 0.0590 e. The Morgan fingerprint density at radius 3 is 2.07 bits per heavy atom. The second kappa shape index (κ2) is 6.63. The van der Waals surface area contributed by atoms with E-state index in [2.05, 4.69) is 0 Å². The number of carboxylic acids is 2. The summed E-state index contributed by atoms with van der Waals surface area (Å²) in [5, 5.41) is 20.3. The molecule has 2 atom stereocenters. The van der Waals surface area contributed by atoms with Gasteiger partial charge >= 0.3 is 0 Å². The summed E-state index contributed by atoms with van der Waals surface area (Å²) >= 11 is 1.22. The molecule has 0 aliphatic rings. The molecule has 0 aromatic rings. The van der Waals surface area contributed by atoms with Crippen LogP contribution in [0.4, 0.5) is 0 Å². The third-order valence-corrected chi connectivity index (χ3v) is 2.60. The van der Waals surface area contributed by atoms with Crippen LogP contribution in [0.5, 0.6) is 0 Å². The first-order valence-corrected chi connectivity index (χ1v) is 5.11. The van der Waals surface area contributed by atoms with Crippen molar-refractivity contribution in [3.8, 4) is 0 Å². The maximum absolute atomic E-state index is 10.2. The number of carbonyl (C=O) groups excluding carboxylic acids is 2. The monoisotopic (exact) mass is 220 g/mol. The standard InChI is InChI=1S/C7H14N2O4S/c8-4(6(10)11)1-2-14-3-5(9)7(12)13/h4-5H,1-3,8-9H2,(H,10,11)(H,12,13)/p-2/t4-,5-/m0/s1. The highest BCUT2D eigenvalue weighted by atomic mass is 32.2. The maximum Gasteiger partial charge on any atom is 0.0590 e. The van der Waals surface area contributed by atoms with Gasteiger partial charge in [-0.1, -0.05) is 0 Å². The molecule has 0 saturated heterocycles. The summed E-state index contributed by atoms with van der Waals surface area (Å²) in [5.41, 5.74) is 10.3. The fraction of sp³-hybridized carbons (Fsp3) is 0.714. The molecule has 0 rings (SSSR count). The van der Waals surface area contributed by atoms with Gasteiger partial charge in [0.15, 0.2) is 0 Å². The molecule has 82 valence electrons. The number of hydrogen-bond donors (Lipinski definition) is 2. The van der Waals surface area contributed by atoms with Crippen LogP contribution in [-0.4, -0.2) is 35.5 Å². The van der Waals surface area contributed by atoms with E-state index >= 15 is 0 Å². The van der Waals surface area contributed by atoms with Crippen molar-refractivity contribution in [3.63, 3.8) is 0 Å². The van der Waals surface area contributed by atoms with Gasteiger partial charge in [0.1, 0.15) is 0 Å². The van der Waals surface area contributed by atoms with Crippen molar-refractivity contribution in [2.45, 2.75) is 18.5 Å². The summed E-state index contributed by atoms with van der Waals surface area (Å²) in [6, 6.07) is -2.04. The lowest BCUT2D eigenvalue weighted by molar-refractivity contribution is -0.308. The van der Waals surface area contributed by atoms with E-state index in [-0.39, 0.29) is 12.2 Å². The van der Waals surface area contributed by atoms with Crippen LogP contribution in [0.3, 0.4) is 0 Å². The lowest BCUT2D eigenvalue weighted by Crippen LogP contribution is -2.44. The number of carbonyl (C=O) groups is 2. The third kappa shape index (κ3) is 5.79. The SMILES string of the molecule is N[C@@H](CCSC[C@H](N)C(=O)[O-])C(=O)[O-]. The molecule has 0 spiro atoms. The minimum absolute atomic E-state index is 0.183. The van der Waals surface area contributed by atoms with Crippen LogP contribution >= 0.6 is 11.8 Å². The zero-order valence-electron chi connectivity index (χ0n) is 7.47. The Hall–Kier alpha value is -0.790. The van der Waals surface area contributed by atoms with Crippen molar-refractivity contribution in [1.82, 2.24) is 0 Å². The van der Waals surface area contributed by atoms with E-state index in [1.807, 2.05) is 0 Å². The van der Waals surface area contributed by atoms with Gasteiger partial charge in [0, 0.05) is 11.8 Å². The van der Waals surface area contributed by atoms with Crippen LogP contribution in [0.15, 0.2) is 0 Å². The predicted octanol–water partition coefficient (Wildman–Crippen LogP) is -3.74. The van der Waals surface area contributed by atoms with Crippen molar-refractivity contribution >= 4 is 23.7 Å². The molecule has 6 nitrogen and oxygen atoms in total. The molecule has 0 aliphatic heterocycles. The normalized spacial score (nSPS) is 14.7. The topological polar surface area (TPSA) is 132 Å². The minimum atomic E-state index is -1.32. The van der Waals surface area contributed by atoms with Gasteiger partial charge in [0.05, 0.1) is 18.0 Å². The zero-order valence-corrected chi connectivity index (χ0v) is 8.29. The molecule has 0 saturated carbocycles. The number of carboxylic acid groups (broad SMARTS) is 2. The Bertz CT molecular complexity index is 190. The molecule has 0 heterocycles. The largest absolute Gasteiger partial charge is 0.548 e. The first-order valence-electron chi connectivity index (χ1n) is 3.95. The average Bonchev–Trinajstić information content (AvgIpc) is 2.11. The molecule has 14 heavy (non-hydrogen) atoms. The van der Waals surface area contributed by atoms with Gasteiger partial charge in [0.25, 0.3) is 0 Å².